The smallest absolute Gasteiger partial charge is 0.343 e. The maximum absolute atomic E-state index is 12.4. The van der Waals surface area contributed by atoms with Gasteiger partial charge in [-0.1, -0.05) is 78.6 Å². The number of ether oxygens (including phenoxy) is 12. The minimum Gasteiger partial charge on any atom is -0.494 e. The second-order valence-corrected chi connectivity index (χ2v) is 22.6. The zero-order chi connectivity index (χ0) is 69.1. The second-order valence-electron chi connectivity index (χ2n) is 22.6. The summed E-state index contributed by atoms with van der Waals surface area (Å²) in [6.45, 7) is 11.8. The van der Waals surface area contributed by atoms with Crippen LogP contribution in [-0.2, 0) is 28.4 Å². The first kappa shape index (κ1) is 79.9. The summed E-state index contributed by atoms with van der Waals surface area (Å²) >= 11 is 0. The molecular weight excluding hydrogens is 1220 g/mol. The molecular formula is C78H102O18. The van der Waals surface area contributed by atoms with Crippen molar-refractivity contribution in [1.82, 2.24) is 0 Å². The molecule has 0 aliphatic heterocycles. The second kappa shape index (κ2) is 50.8. The molecule has 0 saturated heterocycles. The van der Waals surface area contributed by atoms with Crippen LogP contribution in [0.4, 0.5) is 0 Å². The summed E-state index contributed by atoms with van der Waals surface area (Å²) in [4.78, 5) is 73.4. The third-order valence-electron chi connectivity index (χ3n) is 14.6. The summed E-state index contributed by atoms with van der Waals surface area (Å²) in [6.07, 6.45) is 21.8. The van der Waals surface area contributed by atoms with Gasteiger partial charge in [-0.05, 0) is 223 Å². The molecule has 0 N–H and O–H groups in total. The highest BCUT2D eigenvalue weighted by molar-refractivity contribution is 5.94. The summed E-state index contributed by atoms with van der Waals surface area (Å²) in [5, 5.41) is 0. The van der Waals surface area contributed by atoms with Crippen molar-refractivity contribution < 1.29 is 85.6 Å². The van der Waals surface area contributed by atoms with Gasteiger partial charge < -0.3 is 56.8 Å². The van der Waals surface area contributed by atoms with Crippen LogP contribution in [0, 0.1) is 0 Å². The van der Waals surface area contributed by atoms with Crippen LogP contribution >= 0.6 is 0 Å². The highest BCUT2D eigenvalue weighted by atomic mass is 16.6. The molecule has 0 fully saturated rings. The highest BCUT2D eigenvalue weighted by Crippen LogP contribution is 2.22. The predicted octanol–water partition coefficient (Wildman–Crippen LogP) is 17.5. The Morgan fingerprint density at radius 3 is 0.688 bits per heavy atom. The maximum atomic E-state index is 12.4. The standard InChI is InChI=1S/C28H38O6.C26H34O6.C24H30O6/c1-3-4-5-6-10-21-32-25-16-12-24(13-17-25)28(30)34-26-18-14-23(15-19-26)27(29)33-22-11-8-7-9-20-31-2;1-3-4-7-19-30-23-14-10-22(11-15-23)26(28)32-24-16-12-21(13-17-24)25(27)31-20-9-6-5-8-18-29-2;1-3-16-28-21-12-8-20(9-13-21)24(26)30-22-14-10-19(11-15-22)23(25)29-18-7-5-4-6-17-27-2/h12-19H,3-11,20-22H2,1-2H3;10-17H,3-9,18-20H2,1-2H3;8-15H,3-7,16-18H2,1-2H3. The van der Waals surface area contributed by atoms with E-state index in [2.05, 4.69) is 13.8 Å². The van der Waals surface area contributed by atoms with Crippen molar-refractivity contribution >= 4 is 35.8 Å². The van der Waals surface area contributed by atoms with Gasteiger partial charge in [0.15, 0.2) is 0 Å². The van der Waals surface area contributed by atoms with E-state index in [0.717, 1.165) is 140 Å². The molecule has 96 heavy (non-hydrogen) atoms. The van der Waals surface area contributed by atoms with Crippen LogP contribution in [0.15, 0.2) is 146 Å². The number of esters is 6. The average molecular weight is 1330 g/mol. The molecule has 18 heteroatoms. The van der Waals surface area contributed by atoms with Gasteiger partial charge in [0.1, 0.15) is 34.5 Å². The summed E-state index contributed by atoms with van der Waals surface area (Å²) in [5.41, 5.74) is 2.56. The van der Waals surface area contributed by atoms with Crippen molar-refractivity contribution in [2.75, 3.05) is 80.8 Å². The van der Waals surface area contributed by atoms with E-state index in [1.54, 1.807) is 167 Å². The van der Waals surface area contributed by atoms with Crippen LogP contribution in [0.2, 0.25) is 0 Å². The molecule has 18 nitrogen and oxygen atoms in total. The van der Waals surface area contributed by atoms with Gasteiger partial charge in [0.2, 0.25) is 0 Å². The fourth-order valence-electron chi connectivity index (χ4n) is 9.05. The van der Waals surface area contributed by atoms with Crippen LogP contribution in [0.3, 0.4) is 0 Å². The van der Waals surface area contributed by atoms with Gasteiger partial charge in [-0.2, -0.15) is 0 Å². The highest BCUT2D eigenvalue weighted by Gasteiger charge is 2.16. The Hall–Kier alpha value is -8.58. The molecule has 6 aromatic rings. The maximum Gasteiger partial charge on any atom is 0.343 e. The van der Waals surface area contributed by atoms with Crippen molar-refractivity contribution in [3.8, 4) is 34.5 Å². The van der Waals surface area contributed by atoms with Crippen molar-refractivity contribution in [3.05, 3.63) is 179 Å². The molecule has 0 atom stereocenters. The van der Waals surface area contributed by atoms with Crippen molar-refractivity contribution in [3.63, 3.8) is 0 Å². The largest absolute Gasteiger partial charge is 0.494 e. The van der Waals surface area contributed by atoms with Crippen LogP contribution in [0.5, 0.6) is 34.5 Å². The number of carbonyl (C=O) groups is 6. The molecule has 0 radical (unpaired) electrons. The molecule has 6 aromatic carbocycles. The average Bonchev–Trinajstić information content (AvgIpc) is 1.16. The Kier molecular flexibility index (Phi) is 42.3. The van der Waals surface area contributed by atoms with Crippen LogP contribution in [0.25, 0.3) is 0 Å². The van der Waals surface area contributed by atoms with E-state index in [0.29, 0.717) is 96.0 Å². The molecule has 0 unspecified atom stereocenters. The molecule has 0 saturated carbocycles. The van der Waals surface area contributed by atoms with E-state index in [9.17, 15) is 28.8 Å². The molecule has 6 rings (SSSR count). The summed E-state index contributed by atoms with van der Waals surface area (Å²) in [7, 11) is 5.07. The van der Waals surface area contributed by atoms with Gasteiger partial charge >= 0.3 is 35.8 Å². The molecule has 0 bridgehead atoms. The minimum atomic E-state index is -0.471. The first-order chi connectivity index (χ1) is 46.9. The van der Waals surface area contributed by atoms with E-state index in [1.165, 1.54) is 25.7 Å². The van der Waals surface area contributed by atoms with Crippen LogP contribution in [-0.4, -0.2) is 117 Å². The van der Waals surface area contributed by atoms with Gasteiger partial charge in [-0.3, -0.25) is 0 Å². The van der Waals surface area contributed by atoms with Crippen molar-refractivity contribution in [2.24, 2.45) is 0 Å². The Morgan fingerprint density at radius 1 is 0.219 bits per heavy atom. The number of benzene rings is 6. The normalized spacial score (nSPS) is 10.6. The fourth-order valence-corrected chi connectivity index (χ4v) is 9.05. The van der Waals surface area contributed by atoms with E-state index >= 15 is 0 Å². The Bertz CT molecular complexity index is 3060. The van der Waals surface area contributed by atoms with Crippen LogP contribution < -0.4 is 28.4 Å². The van der Waals surface area contributed by atoms with Gasteiger partial charge in [0.25, 0.3) is 0 Å². The lowest BCUT2D eigenvalue weighted by Crippen LogP contribution is -2.09. The monoisotopic (exact) mass is 1330 g/mol. The van der Waals surface area contributed by atoms with Crippen molar-refractivity contribution in [1.29, 1.82) is 0 Å². The number of carbonyl (C=O) groups excluding carboxylic acids is 6. The third-order valence-corrected chi connectivity index (χ3v) is 14.6. The Morgan fingerprint density at radius 2 is 0.427 bits per heavy atom. The van der Waals surface area contributed by atoms with E-state index in [4.69, 9.17) is 56.8 Å². The van der Waals surface area contributed by atoms with Crippen LogP contribution in [0.1, 0.15) is 218 Å². The first-order valence-electron chi connectivity index (χ1n) is 34.0. The molecule has 0 aliphatic rings. The summed E-state index contributed by atoms with van der Waals surface area (Å²) < 4.78 is 63.9. The van der Waals surface area contributed by atoms with Gasteiger partial charge in [-0.25, -0.2) is 28.8 Å². The lowest BCUT2D eigenvalue weighted by atomic mass is 10.2. The Balaban J connectivity index is 0.000000307. The molecule has 0 amide bonds. The zero-order valence-corrected chi connectivity index (χ0v) is 57.4. The Labute approximate surface area is 568 Å². The van der Waals surface area contributed by atoms with Gasteiger partial charge in [0.05, 0.1) is 73.0 Å². The molecule has 0 aromatic heterocycles. The summed E-state index contributed by atoms with van der Waals surface area (Å²) in [6, 6.07) is 39.7. The van der Waals surface area contributed by atoms with E-state index in [1.807, 2.05) is 6.92 Å². The first-order valence-corrected chi connectivity index (χ1v) is 34.0. The third kappa shape index (κ3) is 34.7. The minimum absolute atomic E-state index is 0.362. The lowest BCUT2D eigenvalue weighted by Gasteiger charge is -2.08. The fraction of sp³-hybridized carbons (Fsp3) is 0.462. The molecule has 0 spiro atoms. The van der Waals surface area contributed by atoms with E-state index < -0.39 is 17.9 Å². The van der Waals surface area contributed by atoms with Crippen molar-refractivity contribution in [2.45, 2.75) is 156 Å². The number of hydrogen-bond donors (Lipinski definition) is 0. The number of hydrogen-bond acceptors (Lipinski definition) is 18. The lowest BCUT2D eigenvalue weighted by molar-refractivity contribution is 0.0487. The van der Waals surface area contributed by atoms with E-state index in [-0.39, 0.29) is 17.9 Å². The number of methoxy groups -OCH3 is 3. The molecule has 0 aliphatic carbocycles. The summed E-state index contributed by atoms with van der Waals surface area (Å²) in [5.74, 6) is 0.740. The topological polar surface area (TPSA) is 213 Å². The molecule has 0 heterocycles. The quantitative estimate of drug-likeness (QED) is 0.0150. The SMILES string of the molecule is CCCCCCCOc1ccc(C(=O)Oc2ccc(C(=O)OCCCCCCOC)cc2)cc1.CCCCCOc1ccc(C(=O)Oc2ccc(C(=O)OCCCCCCOC)cc2)cc1.CCCOc1ccc(C(=O)Oc2ccc(C(=O)OCCCCCCOC)cc2)cc1. The van der Waals surface area contributed by atoms with Gasteiger partial charge in [0, 0.05) is 41.2 Å². The number of rotatable bonds is 45. The zero-order valence-electron chi connectivity index (χ0n) is 57.4. The number of unbranched alkanes of at least 4 members (excludes halogenated alkanes) is 15. The van der Waals surface area contributed by atoms with Gasteiger partial charge in [-0.15, -0.1) is 0 Å². The predicted molar refractivity (Wildman–Crippen MR) is 370 cm³/mol. The molecule has 522 valence electrons.